The third-order valence-electron chi connectivity index (χ3n) is 3.07. The van der Waals surface area contributed by atoms with Gasteiger partial charge in [-0.1, -0.05) is 5.21 Å². The molecule has 8 nitrogen and oxygen atoms in total. The summed E-state index contributed by atoms with van der Waals surface area (Å²) in [6, 6.07) is 0. The van der Waals surface area contributed by atoms with Crippen molar-refractivity contribution in [2.24, 2.45) is 7.05 Å². The van der Waals surface area contributed by atoms with E-state index in [0.29, 0.717) is 6.42 Å². The van der Waals surface area contributed by atoms with E-state index >= 15 is 0 Å². The Bertz CT molecular complexity index is 718. The van der Waals surface area contributed by atoms with Crippen LogP contribution in [-0.4, -0.2) is 36.2 Å². The lowest BCUT2D eigenvalue weighted by Gasteiger charge is -2.32. The topological polar surface area (TPSA) is 91.4 Å². The summed E-state index contributed by atoms with van der Waals surface area (Å²) in [7, 11) is 1.41. The Morgan fingerprint density at radius 2 is 2.26 bits per heavy atom. The number of hydrogen-bond acceptors (Lipinski definition) is 6. The van der Waals surface area contributed by atoms with E-state index in [9.17, 15) is 14.0 Å². The van der Waals surface area contributed by atoms with Gasteiger partial charge in [-0.2, -0.15) is 9.07 Å². The number of halogens is 1. The van der Waals surface area contributed by atoms with E-state index in [1.807, 2.05) is 0 Å². The first-order chi connectivity index (χ1) is 9.00. The number of imidazole rings is 1. The molecular formula is C10H10FN5O3. The summed E-state index contributed by atoms with van der Waals surface area (Å²) in [6.45, 7) is 0. The van der Waals surface area contributed by atoms with Gasteiger partial charge in [0.25, 0.3) is 5.85 Å². The smallest absolute Gasteiger partial charge is 0.363 e. The van der Waals surface area contributed by atoms with Crippen molar-refractivity contribution in [2.45, 2.75) is 25.1 Å². The molecule has 1 aliphatic carbocycles. The molecule has 100 valence electrons. The Labute approximate surface area is 105 Å². The number of alkyl halides is 1. The molecule has 0 atom stereocenters. The molecule has 0 unspecified atom stereocenters. The van der Waals surface area contributed by atoms with E-state index in [2.05, 4.69) is 15.3 Å². The highest BCUT2D eigenvalue weighted by Gasteiger charge is 2.42. The molecule has 1 aliphatic rings. The summed E-state index contributed by atoms with van der Waals surface area (Å²) >= 11 is 0. The van der Waals surface area contributed by atoms with Crippen molar-refractivity contribution < 1.29 is 13.9 Å². The second kappa shape index (κ2) is 3.84. The summed E-state index contributed by atoms with van der Waals surface area (Å²) in [5, 5.41) is 7.23. The monoisotopic (exact) mass is 267 g/mol. The summed E-state index contributed by atoms with van der Waals surface area (Å²) in [4.78, 5) is 27.2. The summed E-state index contributed by atoms with van der Waals surface area (Å²) in [5.41, 5.74) is -0.764. The average Bonchev–Trinajstić information content (AvgIpc) is 2.76. The maximum atomic E-state index is 13.7. The summed E-state index contributed by atoms with van der Waals surface area (Å²) in [6.07, 6.45) is 2.17. The van der Waals surface area contributed by atoms with Crippen molar-refractivity contribution in [1.29, 1.82) is 0 Å². The Hall–Kier alpha value is -2.32. The molecule has 2 aromatic heterocycles. The van der Waals surface area contributed by atoms with Crippen LogP contribution >= 0.6 is 0 Å². The quantitative estimate of drug-likeness (QED) is 0.701. The minimum Gasteiger partial charge on any atom is -0.424 e. The zero-order chi connectivity index (χ0) is 13.6. The number of aromatic nitrogens is 5. The molecule has 0 aromatic carbocycles. The van der Waals surface area contributed by atoms with Gasteiger partial charge < -0.3 is 4.74 Å². The molecule has 0 radical (unpaired) electrons. The predicted molar refractivity (Wildman–Crippen MR) is 59.1 cm³/mol. The Morgan fingerprint density at radius 3 is 2.89 bits per heavy atom. The highest BCUT2D eigenvalue weighted by molar-refractivity contribution is 5.93. The first-order valence-electron chi connectivity index (χ1n) is 5.69. The number of ether oxygens (including phenoxy) is 1. The molecule has 9 heteroatoms. The molecule has 1 saturated carbocycles. The van der Waals surface area contributed by atoms with Crippen LogP contribution in [0.1, 0.15) is 29.8 Å². The van der Waals surface area contributed by atoms with E-state index < -0.39 is 17.5 Å². The van der Waals surface area contributed by atoms with Crippen LogP contribution in [0.5, 0.6) is 0 Å². The molecule has 2 aromatic rings. The zero-order valence-electron chi connectivity index (χ0n) is 10.0. The predicted octanol–water partition coefficient (Wildman–Crippen LogP) is -0.171. The standard InChI is InChI=1S/C10H10FN5O3/c1-15-9(18)16-5-12-6(7(16)13-14-15)8(17)19-10(11)3-2-4-10/h5H,2-4H2,1H3. The maximum absolute atomic E-state index is 13.7. The van der Waals surface area contributed by atoms with Gasteiger partial charge in [0.05, 0.1) is 0 Å². The second-order valence-electron chi connectivity index (χ2n) is 4.41. The largest absolute Gasteiger partial charge is 0.424 e. The van der Waals surface area contributed by atoms with Crippen LogP contribution < -0.4 is 5.69 Å². The van der Waals surface area contributed by atoms with Gasteiger partial charge in [0.15, 0.2) is 11.3 Å². The first-order valence-corrected chi connectivity index (χ1v) is 5.69. The number of esters is 1. The van der Waals surface area contributed by atoms with Gasteiger partial charge in [-0.15, -0.1) is 5.10 Å². The molecule has 19 heavy (non-hydrogen) atoms. The van der Waals surface area contributed by atoms with Crippen LogP contribution in [0.3, 0.4) is 0 Å². The van der Waals surface area contributed by atoms with E-state index in [0.717, 1.165) is 15.4 Å². The number of nitrogens with zero attached hydrogens (tertiary/aromatic N) is 5. The van der Waals surface area contributed by atoms with Gasteiger partial charge in [0.1, 0.15) is 6.33 Å². The Balaban J connectivity index is 1.99. The van der Waals surface area contributed by atoms with E-state index in [4.69, 9.17) is 4.74 Å². The van der Waals surface area contributed by atoms with Crippen molar-refractivity contribution in [3.8, 4) is 0 Å². The lowest BCUT2D eigenvalue weighted by Crippen LogP contribution is -2.37. The molecule has 2 heterocycles. The molecule has 0 spiro atoms. The lowest BCUT2D eigenvalue weighted by atomic mass is 9.93. The average molecular weight is 267 g/mol. The van der Waals surface area contributed by atoms with Gasteiger partial charge >= 0.3 is 11.7 Å². The van der Waals surface area contributed by atoms with E-state index in [-0.39, 0.29) is 24.2 Å². The van der Waals surface area contributed by atoms with Crippen LogP contribution in [-0.2, 0) is 11.8 Å². The number of carbonyl (C=O) groups excluding carboxylic acids is 1. The fraction of sp³-hybridized carbons (Fsp3) is 0.500. The van der Waals surface area contributed by atoms with Crippen LogP contribution in [0, 0.1) is 0 Å². The van der Waals surface area contributed by atoms with Crippen molar-refractivity contribution in [3.63, 3.8) is 0 Å². The number of fused-ring (bicyclic) bond motifs is 1. The fourth-order valence-corrected chi connectivity index (χ4v) is 1.80. The van der Waals surface area contributed by atoms with Gasteiger partial charge in [0, 0.05) is 19.9 Å². The molecule has 1 fully saturated rings. The van der Waals surface area contributed by atoms with Gasteiger partial charge in [-0.3, -0.25) is 0 Å². The normalized spacial score (nSPS) is 17.2. The molecular weight excluding hydrogens is 257 g/mol. The van der Waals surface area contributed by atoms with Crippen molar-refractivity contribution in [2.75, 3.05) is 0 Å². The third-order valence-corrected chi connectivity index (χ3v) is 3.07. The van der Waals surface area contributed by atoms with Crippen LogP contribution in [0.25, 0.3) is 5.65 Å². The second-order valence-corrected chi connectivity index (χ2v) is 4.41. The minimum atomic E-state index is -1.92. The lowest BCUT2D eigenvalue weighted by molar-refractivity contribution is -0.154. The summed E-state index contributed by atoms with van der Waals surface area (Å²) in [5.74, 6) is -2.85. The number of hydrogen-bond donors (Lipinski definition) is 0. The number of rotatable bonds is 2. The highest BCUT2D eigenvalue weighted by atomic mass is 19.2. The molecule has 3 rings (SSSR count). The SMILES string of the molecule is Cn1nnc2c(C(=O)OC3(F)CCC3)ncn2c1=O. The first kappa shape index (κ1) is 11.8. The zero-order valence-corrected chi connectivity index (χ0v) is 10.0. The van der Waals surface area contributed by atoms with E-state index in [1.165, 1.54) is 7.05 Å². The fourth-order valence-electron chi connectivity index (χ4n) is 1.80. The molecule has 0 saturated heterocycles. The molecule has 0 amide bonds. The number of aryl methyl sites for hydroxylation is 1. The van der Waals surface area contributed by atoms with Crippen molar-refractivity contribution in [3.05, 3.63) is 22.5 Å². The van der Waals surface area contributed by atoms with Crippen LogP contribution in [0.4, 0.5) is 4.39 Å². The number of carbonyl (C=O) groups is 1. The van der Waals surface area contributed by atoms with Crippen LogP contribution in [0.15, 0.2) is 11.1 Å². The van der Waals surface area contributed by atoms with Gasteiger partial charge in [-0.25, -0.2) is 19.0 Å². The molecule has 0 aliphatic heterocycles. The highest BCUT2D eigenvalue weighted by Crippen LogP contribution is 2.37. The molecule has 0 N–H and O–H groups in total. The summed E-state index contributed by atoms with van der Waals surface area (Å²) < 4.78 is 20.5. The minimum absolute atomic E-state index is 0.0453. The maximum Gasteiger partial charge on any atom is 0.363 e. The van der Waals surface area contributed by atoms with Crippen molar-refractivity contribution in [1.82, 2.24) is 24.4 Å². The third kappa shape index (κ3) is 1.77. The Kier molecular flexibility index (Phi) is 2.37. The van der Waals surface area contributed by atoms with Crippen LogP contribution in [0.2, 0.25) is 0 Å². The van der Waals surface area contributed by atoms with Gasteiger partial charge in [0.2, 0.25) is 0 Å². The Morgan fingerprint density at radius 1 is 1.53 bits per heavy atom. The molecule has 0 bridgehead atoms. The van der Waals surface area contributed by atoms with Crippen molar-refractivity contribution >= 4 is 11.6 Å². The van der Waals surface area contributed by atoms with Gasteiger partial charge in [-0.05, 0) is 6.42 Å². The van der Waals surface area contributed by atoms with E-state index in [1.54, 1.807) is 0 Å².